The third kappa shape index (κ3) is 6.31. The van der Waals surface area contributed by atoms with Gasteiger partial charge >= 0.3 is 18.1 Å². The number of halogens is 3. The Balaban J connectivity index is 1.86. The monoisotopic (exact) mass is 503 g/mol. The van der Waals surface area contributed by atoms with Crippen LogP contribution in [0.5, 0.6) is 0 Å². The number of likely N-dealkylation sites (N-methyl/N-ethyl adjacent to an activating group) is 1. The third-order valence-corrected chi connectivity index (χ3v) is 5.79. The maximum absolute atomic E-state index is 13.4. The van der Waals surface area contributed by atoms with Gasteiger partial charge in [-0.2, -0.15) is 13.2 Å². The number of hydrogen-bond donors (Lipinski definition) is 1. The van der Waals surface area contributed by atoms with E-state index in [-0.39, 0.29) is 23.4 Å². The average molecular weight is 504 g/mol. The summed E-state index contributed by atoms with van der Waals surface area (Å²) in [5, 5.41) is 2.95. The van der Waals surface area contributed by atoms with Gasteiger partial charge in [0, 0.05) is 30.7 Å². The van der Waals surface area contributed by atoms with Crippen molar-refractivity contribution in [2.45, 2.75) is 32.5 Å². The van der Waals surface area contributed by atoms with Crippen molar-refractivity contribution in [1.29, 1.82) is 0 Å². The van der Waals surface area contributed by atoms with E-state index in [0.29, 0.717) is 24.5 Å². The van der Waals surface area contributed by atoms with Gasteiger partial charge < -0.3 is 14.8 Å². The van der Waals surface area contributed by atoms with E-state index in [1.54, 1.807) is 13.8 Å². The quantitative estimate of drug-likeness (QED) is 0.542. The van der Waals surface area contributed by atoms with E-state index in [4.69, 9.17) is 9.47 Å². The summed E-state index contributed by atoms with van der Waals surface area (Å²) in [4.78, 5) is 31.9. The van der Waals surface area contributed by atoms with E-state index in [1.807, 2.05) is 42.3 Å². The van der Waals surface area contributed by atoms with Gasteiger partial charge in [0.1, 0.15) is 6.61 Å². The van der Waals surface area contributed by atoms with E-state index in [1.165, 1.54) is 0 Å². The van der Waals surface area contributed by atoms with E-state index in [2.05, 4.69) is 10.3 Å². The van der Waals surface area contributed by atoms with Crippen molar-refractivity contribution >= 4 is 11.9 Å². The van der Waals surface area contributed by atoms with E-state index >= 15 is 0 Å². The van der Waals surface area contributed by atoms with Gasteiger partial charge in [0.2, 0.25) is 0 Å². The summed E-state index contributed by atoms with van der Waals surface area (Å²) in [6.07, 6.45) is -3.63. The molecule has 1 aromatic heterocycles. The van der Waals surface area contributed by atoms with Crippen LogP contribution in [0, 0.1) is 0 Å². The number of pyridine rings is 1. The lowest BCUT2D eigenvalue weighted by Crippen LogP contribution is -2.33. The number of carbonyl (C=O) groups excluding carboxylic acids is 2. The Labute approximate surface area is 207 Å². The van der Waals surface area contributed by atoms with Crippen molar-refractivity contribution in [2.75, 3.05) is 27.3 Å². The van der Waals surface area contributed by atoms with Gasteiger partial charge in [-0.05, 0) is 38.6 Å². The SMILES string of the molecule is COC(=O)C1=C(C)NC(C)=C(C(=O)OCCN(C)Cc2ccccc2)C1c1cc(C(F)(F)F)ccn1. The molecule has 1 aliphatic rings. The standard InChI is InChI=1S/C26H28F3N3O4/c1-16-21(24(33)35-4)23(20-14-19(10-11-30-20)26(27,28)29)22(17(2)31-16)25(34)36-13-12-32(3)15-18-8-6-5-7-9-18/h5-11,14,23,31H,12-13,15H2,1-4H3. The topological polar surface area (TPSA) is 80.8 Å². The number of nitrogens with one attached hydrogen (secondary N) is 1. The zero-order chi connectivity index (χ0) is 26.5. The molecule has 0 bridgehead atoms. The van der Waals surface area contributed by atoms with Crippen LogP contribution in [0.2, 0.25) is 0 Å². The van der Waals surface area contributed by atoms with Gasteiger partial charge in [0.15, 0.2) is 0 Å². The fourth-order valence-corrected chi connectivity index (χ4v) is 4.07. The summed E-state index contributed by atoms with van der Waals surface area (Å²) in [7, 11) is 3.04. The second kappa shape index (κ2) is 11.4. The van der Waals surface area contributed by atoms with Gasteiger partial charge in [-0.1, -0.05) is 30.3 Å². The summed E-state index contributed by atoms with van der Waals surface area (Å²) in [5.41, 5.74) is 0.732. The molecule has 1 N–H and O–H groups in total. The average Bonchev–Trinajstić information content (AvgIpc) is 2.83. The first-order valence-electron chi connectivity index (χ1n) is 11.2. The first-order valence-corrected chi connectivity index (χ1v) is 11.2. The lowest BCUT2D eigenvalue weighted by Gasteiger charge is -2.30. The largest absolute Gasteiger partial charge is 0.466 e. The van der Waals surface area contributed by atoms with E-state index in [0.717, 1.165) is 31.0 Å². The number of dihydropyridines is 1. The molecule has 0 saturated carbocycles. The lowest BCUT2D eigenvalue weighted by molar-refractivity contribution is -0.140. The number of ether oxygens (including phenoxy) is 2. The highest BCUT2D eigenvalue weighted by molar-refractivity contribution is 5.99. The summed E-state index contributed by atoms with van der Waals surface area (Å²) >= 11 is 0. The van der Waals surface area contributed by atoms with Crippen LogP contribution < -0.4 is 5.32 Å². The van der Waals surface area contributed by atoms with Crippen molar-refractivity contribution in [2.24, 2.45) is 0 Å². The van der Waals surface area contributed by atoms with Crippen LogP contribution in [0.4, 0.5) is 13.2 Å². The molecular formula is C26H28F3N3O4. The Hall–Kier alpha value is -3.66. The van der Waals surface area contributed by atoms with Crippen LogP contribution in [-0.4, -0.2) is 49.1 Å². The van der Waals surface area contributed by atoms with Gasteiger partial charge in [-0.15, -0.1) is 0 Å². The van der Waals surface area contributed by atoms with Crippen molar-refractivity contribution in [3.05, 3.63) is 88.0 Å². The summed E-state index contributed by atoms with van der Waals surface area (Å²) in [5.74, 6) is -2.74. The third-order valence-electron chi connectivity index (χ3n) is 5.79. The molecule has 1 aliphatic heterocycles. The van der Waals surface area contributed by atoms with Crippen molar-refractivity contribution < 1.29 is 32.2 Å². The van der Waals surface area contributed by atoms with Gasteiger partial charge in [-0.3, -0.25) is 9.88 Å². The molecule has 0 amide bonds. The van der Waals surface area contributed by atoms with Crippen molar-refractivity contribution in [1.82, 2.24) is 15.2 Å². The molecule has 2 heterocycles. The number of allylic oxidation sites excluding steroid dienone is 2. The molecule has 1 unspecified atom stereocenters. The van der Waals surface area contributed by atoms with Crippen molar-refractivity contribution in [3.8, 4) is 0 Å². The fourth-order valence-electron chi connectivity index (χ4n) is 4.07. The Kier molecular flexibility index (Phi) is 8.52. The Morgan fingerprint density at radius 2 is 1.69 bits per heavy atom. The molecule has 0 fully saturated rings. The first-order chi connectivity index (χ1) is 17.0. The molecule has 7 nitrogen and oxygen atoms in total. The molecule has 0 spiro atoms. The minimum absolute atomic E-state index is 0.00135. The second-order valence-electron chi connectivity index (χ2n) is 8.45. The Morgan fingerprint density at radius 1 is 1.06 bits per heavy atom. The highest BCUT2D eigenvalue weighted by atomic mass is 19.4. The minimum atomic E-state index is -4.63. The van der Waals surface area contributed by atoms with E-state index < -0.39 is 29.6 Å². The number of rotatable bonds is 8. The zero-order valence-electron chi connectivity index (χ0n) is 20.5. The van der Waals surface area contributed by atoms with Gasteiger partial charge in [0.25, 0.3) is 0 Å². The van der Waals surface area contributed by atoms with Crippen molar-refractivity contribution in [3.63, 3.8) is 0 Å². The highest BCUT2D eigenvalue weighted by Gasteiger charge is 2.40. The molecular weight excluding hydrogens is 475 g/mol. The number of aromatic nitrogens is 1. The van der Waals surface area contributed by atoms with Gasteiger partial charge in [-0.25, -0.2) is 9.59 Å². The molecule has 1 atom stereocenters. The number of methoxy groups -OCH3 is 1. The van der Waals surface area contributed by atoms with Crippen LogP contribution in [0.1, 0.15) is 36.6 Å². The molecule has 2 aromatic rings. The molecule has 3 rings (SSSR count). The number of benzene rings is 1. The predicted octanol–water partition coefficient (Wildman–Crippen LogP) is 4.18. The molecule has 0 saturated heterocycles. The molecule has 10 heteroatoms. The van der Waals surface area contributed by atoms with Crippen LogP contribution in [0.15, 0.2) is 71.2 Å². The van der Waals surface area contributed by atoms with E-state index in [9.17, 15) is 22.8 Å². The molecule has 1 aromatic carbocycles. The maximum atomic E-state index is 13.4. The minimum Gasteiger partial charge on any atom is -0.466 e. The molecule has 0 radical (unpaired) electrons. The number of alkyl halides is 3. The lowest BCUT2D eigenvalue weighted by atomic mass is 9.82. The number of nitrogens with zero attached hydrogens (tertiary/aromatic N) is 2. The Morgan fingerprint density at radius 3 is 2.31 bits per heavy atom. The fraction of sp³-hybridized carbons (Fsp3) is 0.346. The normalized spacial score (nSPS) is 16.2. The van der Waals surface area contributed by atoms with Crippen LogP contribution >= 0.6 is 0 Å². The molecule has 36 heavy (non-hydrogen) atoms. The van der Waals surface area contributed by atoms with Crippen LogP contribution in [-0.2, 0) is 31.8 Å². The smallest absolute Gasteiger partial charge is 0.416 e. The molecule has 192 valence electrons. The Bertz CT molecular complexity index is 1180. The number of carbonyl (C=O) groups is 2. The number of esters is 2. The summed E-state index contributed by atoms with van der Waals surface area (Å²) in [6.45, 7) is 4.28. The van der Waals surface area contributed by atoms with Crippen LogP contribution in [0.3, 0.4) is 0 Å². The first kappa shape index (κ1) is 26.9. The zero-order valence-corrected chi connectivity index (χ0v) is 20.5. The van der Waals surface area contributed by atoms with Crippen LogP contribution in [0.25, 0.3) is 0 Å². The predicted molar refractivity (Wildman–Crippen MR) is 126 cm³/mol. The molecule has 0 aliphatic carbocycles. The highest BCUT2D eigenvalue weighted by Crippen LogP contribution is 2.40. The maximum Gasteiger partial charge on any atom is 0.416 e. The van der Waals surface area contributed by atoms with Gasteiger partial charge in [0.05, 0.1) is 35.4 Å². The second-order valence-corrected chi connectivity index (χ2v) is 8.45. The summed E-state index contributed by atoms with van der Waals surface area (Å²) in [6, 6.07) is 11.4. The number of hydrogen-bond acceptors (Lipinski definition) is 7. The summed E-state index contributed by atoms with van der Waals surface area (Å²) < 4.78 is 50.6.